The van der Waals surface area contributed by atoms with Gasteiger partial charge in [-0.2, -0.15) is 0 Å². The maximum Gasteiger partial charge on any atom is 0.243 e. The molecule has 2 aromatic carbocycles. The lowest BCUT2D eigenvalue weighted by Gasteiger charge is -2.31. The summed E-state index contributed by atoms with van der Waals surface area (Å²) >= 11 is 6.11. The first kappa shape index (κ1) is 18.2. The Morgan fingerprint density at radius 1 is 1.27 bits per heavy atom. The van der Waals surface area contributed by atoms with Gasteiger partial charge in [-0.1, -0.05) is 17.7 Å². The molecule has 1 heterocycles. The maximum absolute atomic E-state index is 12.6. The van der Waals surface area contributed by atoms with Gasteiger partial charge in [0.05, 0.1) is 31.5 Å². The van der Waals surface area contributed by atoms with E-state index in [9.17, 15) is 4.79 Å². The number of carbonyl (C=O) groups is 1. The van der Waals surface area contributed by atoms with Gasteiger partial charge >= 0.3 is 0 Å². The summed E-state index contributed by atoms with van der Waals surface area (Å²) in [7, 11) is 3.05. The van der Waals surface area contributed by atoms with Crippen LogP contribution < -0.4 is 25.4 Å². The molecule has 0 spiro atoms. The van der Waals surface area contributed by atoms with Crippen LogP contribution in [0.3, 0.4) is 0 Å². The Bertz CT molecular complexity index is 826. The second-order valence-corrected chi connectivity index (χ2v) is 6.51. The molecule has 1 aliphatic heterocycles. The number of nitrogens with one attached hydrogen (secondary N) is 1. The first-order valence-electron chi connectivity index (χ1n) is 8.37. The first-order valence-corrected chi connectivity index (χ1v) is 8.75. The molecule has 1 amide bonds. The summed E-state index contributed by atoms with van der Waals surface area (Å²) in [6.07, 6.45) is 1.90. The number of methoxy groups -OCH3 is 2. The lowest BCUT2D eigenvalue weighted by atomic mass is 10.00. The summed E-state index contributed by atoms with van der Waals surface area (Å²) in [4.78, 5) is 14.7. The van der Waals surface area contributed by atoms with Gasteiger partial charge in [-0.25, -0.2) is 0 Å². The number of benzene rings is 2. The fourth-order valence-electron chi connectivity index (χ4n) is 3.21. The van der Waals surface area contributed by atoms with Crippen LogP contribution in [-0.4, -0.2) is 33.2 Å². The third-order valence-corrected chi connectivity index (χ3v) is 4.76. The van der Waals surface area contributed by atoms with Crippen LogP contribution in [0, 0.1) is 0 Å². The molecule has 0 saturated carbocycles. The maximum atomic E-state index is 12.6. The average molecular weight is 376 g/mol. The Balaban J connectivity index is 1.78. The SMILES string of the molecule is COc1cc(NC(=O)CN2CCCc3c(N)cccc32)c(OC)cc1Cl. The number of amides is 1. The van der Waals surface area contributed by atoms with Crippen LogP contribution in [0.5, 0.6) is 11.5 Å². The number of hydrogen-bond donors (Lipinski definition) is 2. The number of carbonyl (C=O) groups excluding carboxylic acids is 1. The van der Waals surface area contributed by atoms with E-state index in [1.54, 1.807) is 12.1 Å². The van der Waals surface area contributed by atoms with Gasteiger partial charge in [0, 0.05) is 30.1 Å². The van der Waals surface area contributed by atoms with Crippen molar-refractivity contribution in [2.75, 3.05) is 43.3 Å². The quantitative estimate of drug-likeness (QED) is 0.784. The Labute approximate surface area is 157 Å². The van der Waals surface area contributed by atoms with Crippen molar-refractivity contribution in [2.45, 2.75) is 12.8 Å². The van der Waals surface area contributed by atoms with E-state index in [0.29, 0.717) is 22.2 Å². The lowest BCUT2D eigenvalue weighted by Crippen LogP contribution is -2.37. The van der Waals surface area contributed by atoms with Crippen LogP contribution in [-0.2, 0) is 11.2 Å². The summed E-state index contributed by atoms with van der Waals surface area (Å²) in [6, 6.07) is 9.09. The molecule has 2 aromatic rings. The monoisotopic (exact) mass is 375 g/mol. The van der Waals surface area contributed by atoms with Crippen LogP contribution >= 0.6 is 11.6 Å². The second-order valence-electron chi connectivity index (χ2n) is 6.11. The molecule has 26 heavy (non-hydrogen) atoms. The minimum Gasteiger partial charge on any atom is -0.495 e. The highest BCUT2D eigenvalue weighted by molar-refractivity contribution is 6.32. The molecule has 0 unspecified atom stereocenters. The van der Waals surface area contributed by atoms with E-state index in [4.69, 9.17) is 26.8 Å². The summed E-state index contributed by atoms with van der Waals surface area (Å²) in [6.45, 7) is 1.04. The number of nitrogens with two attached hydrogens (primary N) is 1. The van der Waals surface area contributed by atoms with Crippen molar-refractivity contribution in [1.29, 1.82) is 0 Å². The van der Waals surface area contributed by atoms with E-state index in [-0.39, 0.29) is 12.5 Å². The molecule has 1 aliphatic rings. The van der Waals surface area contributed by atoms with Crippen LogP contribution in [0.15, 0.2) is 30.3 Å². The van der Waals surface area contributed by atoms with E-state index in [1.165, 1.54) is 14.2 Å². The van der Waals surface area contributed by atoms with Crippen LogP contribution in [0.4, 0.5) is 17.1 Å². The number of ether oxygens (including phenoxy) is 2. The van der Waals surface area contributed by atoms with Gasteiger partial charge in [-0.15, -0.1) is 0 Å². The molecule has 6 nitrogen and oxygen atoms in total. The highest BCUT2D eigenvalue weighted by Gasteiger charge is 2.21. The summed E-state index contributed by atoms with van der Waals surface area (Å²) < 4.78 is 10.5. The predicted octanol–water partition coefficient (Wildman–Crippen LogP) is 3.33. The molecule has 0 aromatic heterocycles. The minimum absolute atomic E-state index is 0.150. The van der Waals surface area contributed by atoms with Crippen molar-refractivity contribution < 1.29 is 14.3 Å². The largest absolute Gasteiger partial charge is 0.495 e. The number of nitrogens with zero attached hydrogens (tertiary/aromatic N) is 1. The zero-order valence-corrected chi connectivity index (χ0v) is 15.6. The molecule has 7 heteroatoms. The van der Waals surface area contributed by atoms with Crippen molar-refractivity contribution in [3.8, 4) is 11.5 Å². The Morgan fingerprint density at radius 3 is 2.77 bits per heavy atom. The number of halogens is 1. The highest BCUT2D eigenvalue weighted by Crippen LogP contribution is 2.36. The number of nitrogen functional groups attached to an aromatic ring is 1. The fourth-order valence-corrected chi connectivity index (χ4v) is 3.44. The van der Waals surface area contributed by atoms with Gasteiger partial charge in [0.25, 0.3) is 0 Å². The standard InChI is InChI=1S/C19H22ClN3O3/c1-25-17-10-15(18(26-2)9-13(17)20)22-19(24)11-23-8-4-5-12-14(21)6-3-7-16(12)23/h3,6-7,9-10H,4-5,8,11,21H2,1-2H3,(H,22,24). The molecule has 0 fully saturated rings. The molecule has 0 aliphatic carbocycles. The normalized spacial score (nSPS) is 13.1. The first-order chi connectivity index (χ1) is 12.5. The van der Waals surface area contributed by atoms with Crippen molar-refractivity contribution >= 4 is 34.6 Å². The van der Waals surface area contributed by atoms with Gasteiger partial charge in [0.1, 0.15) is 11.5 Å². The van der Waals surface area contributed by atoms with Gasteiger partial charge in [-0.05, 0) is 30.5 Å². The van der Waals surface area contributed by atoms with E-state index < -0.39 is 0 Å². The molecule has 0 bridgehead atoms. The van der Waals surface area contributed by atoms with Crippen LogP contribution in [0.2, 0.25) is 5.02 Å². The Kier molecular flexibility index (Phi) is 5.42. The number of anilines is 3. The highest BCUT2D eigenvalue weighted by atomic mass is 35.5. The zero-order chi connectivity index (χ0) is 18.7. The van der Waals surface area contributed by atoms with Crippen LogP contribution in [0.1, 0.15) is 12.0 Å². The summed E-state index contributed by atoms with van der Waals surface area (Å²) in [5.74, 6) is 0.800. The fraction of sp³-hybridized carbons (Fsp3) is 0.316. The second kappa shape index (κ2) is 7.74. The van der Waals surface area contributed by atoms with Crippen molar-refractivity contribution in [1.82, 2.24) is 0 Å². The van der Waals surface area contributed by atoms with E-state index in [0.717, 1.165) is 36.3 Å². The molecule has 0 saturated heterocycles. The average Bonchev–Trinajstić information content (AvgIpc) is 2.63. The molecule has 3 rings (SSSR count). The lowest BCUT2D eigenvalue weighted by molar-refractivity contribution is -0.115. The van der Waals surface area contributed by atoms with E-state index >= 15 is 0 Å². The van der Waals surface area contributed by atoms with E-state index in [2.05, 4.69) is 5.32 Å². The smallest absolute Gasteiger partial charge is 0.243 e. The van der Waals surface area contributed by atoms with Gasteiger partial charge < -0.3 is 25.4 Å². The van der Waals surface area contributed by atoms with Crippen LogP contribution in [0.25, 0.3) is 0 Å². The molecule has 138 valence electrons. The topological polar surface area (TPSA) is 76.8 Å². The molecule has 0 radical (unpaired) electrons. The van der Waals surface area contributed by atoms with E-state index in [1.807, 2.05) is 23.1 Å². The van der Waals surface area contributed by atoms with Crippen molar-refractivity contribution in [2.24, 2.45) is 0 Å². The number of fused-ring (bicyclic) bond motifs is 1. The zero-order valence-electron chi connectivity index (χ0n) is 14.8. The van der Waals surface area contributed by atoms with Gasteiger partial charge in [0.15, 0.2) is 0 Å². The Morgan fingerprint density at radius 2 is 2.04 bits per heavy atom. The summed E-state index contributed by atoms with van der Waals surface area (Å²) in [5, 5.41) is 3.30. The number of hydrogen-bond acceptors (Lipinski definition) is 5. The third kappa shape index (κ3) is 3.65. The molecule has 0 atom stereocenters. The Hall–Kier alpha value is -2.60. The third-order valence-electron chi connectivity index (χ3n) is 4.47. The van der Waals surface area contributed by atoms with Gasteiger partial charge in [-0.3, -0.25) is 4.79 Å². The molecular formula is C19H22ClN3O3. The predicted molar refractivity (Wildman–Crippen MR) is 105 cm³/mol. The summed E-state index contributed by atoms with van der Waals surface area (Å²) in [5.41, 5.74) is 9.49. The van der Waals surface area contributed by atoms with Gasteiger partial charge in [0.2, 0.25) is 5.91 Å². The molecule has 3 N–H and O–H groups in total. The van der Waals surface area contributed by atoms with Crippen molar-refractivity contribution in [3.63, 3.8) is 0 Å². The minimum atomic E-state index is -0.150. The molecular weight excluding hydrogens is 354 g/mol. The number of rotatable bonds is 5. The van der Waals surface area contributed by atoms with Crippen molar-refractivity contribution in [3.05, 3.63) is 40.9 Å².